The molecule has 1 amide bonds. The Labute approximate surface area is 185 Å². The SMILES string of the molecule is Cc1noc2nc(-c3ccccc3)cc(C(=O)N3CCN(CCc4cccs4)CC3)c12. The van der Waals surface area contributed by atoms with Crippen molar-refractivity contribution < 1.29 is 9.32 Å². The van der Waals surface area contributed by atoms with E-state index >= 15 is 0 Å². The Bertz CT molecular complexity index is 1180. The average molecular weight is 433 g/mol. The van der Waals surface area contributed by atoms with E-state index in [1.165, 1.54) is 4.88 Å². The first kappa shape index (κ1) is 19.9. The van der Waals surface area contributed by atoms with E-state index in [2.05, 4.69) is 32.6 Å². The van der Waals surface area contributed by atoms with Crippen molar-refractivity contribution in [2.75, 3.05) is 32.7 Å². The number of fused-ring (bicyclic) bond motifs is 1. The van der Waals surface area contributed by atoms with Gasteiger partial charge in [-0.25, -0.2) is 4.98 Å². The summed E-state index contributed by atoms with van der Waals surface area (Å²) in [5, 5.41) is 6.90. The number of thiophene rings is 1. The predicted octanol–water partition coefficient (Wildman–Crippen LogP) is 4.26. The highest BCUT2D eigenvalue weighted by Crippen LogP contribution is 2.28. The first-order valence-corrected chi connectivity index (χ1v) is 11.4. The summed E-state index contributed by atoms with van der Waals surface area (Å²) in [5.74, 6) is 0.0220. The van der Waals surface area contributed by atoms with Crippen LogP contribution >= 0.6 is 11.3 Å². The highest BCUT2D eigenvalue weighted by Gasteiger charge is 2.26. The lowest BCUT2D eigenvalue weighted by molar-refractivity contribution is 0.0640. The molecule has 4 heterocycles. The normalized spacial score (nSPS) is 14.9. The molecule has 6 nitrogen and oxygen atoms in total. The summed E-state index contributed by atoms with van der Waals surface area (Å²) in [7, 11) is 0. The minimum Gasteiger partial charge on any atom is -0.336 e. The highest BCUT2D eigenvalue weighted by atomic mass is 32.1. The number of carbonyl (C=O) groups is 1. The fourth-order valence-corrected chi connectivity index (χ4v) is 4.79. The lowest BCUT2D eigenvalue weighted by Gasteiger charge is -2.34. The molecule has 5 rings (SSSR count). The number of nitrogens with zero attached hydrogens (tertiary/aromatic N) is 4. The van der Waals surface area contributed by atoms with Gasteiger partial charge in [0.05, 0.1) is 22.3 Å². The second-order valence-electron chi connectivity index (χ2n) is 7.83. The van der Waals surface area contributed by atoms with Crippen molar-refractivity contribution in [3.63, 3.8) is 0 Å². The zero-order valence-electron chi connectivity index (χ0n) is 17.5. The molecule has 1 fully saturated rings. The number of pyridine rings is 1. The van der Waals surface area contributed by atoms with Gasteiger partial charge < -0.3 is 9.42 Å². The smallest absolute Gasteiger partial charge is 0.259 e. The number of benzene rings is 1. The number of rotatable bonds is 5. The summed E-state index contributed by atoms with van der Waals surface area (Å²) < 4.78 is 5.43. The molecule has 1 saturated heterocycles. The summed E-state index contributed by atoms with van der Waals surface area (Å²) in [4.78, 5) is 23.9. The van der Waals surface area contributed by atoms with E-state index < -0.39 is 0 Å². The van der Waals surface area contributed by atoms with Crippen LogP contribution < -0.4 is 0 Å². The van der Waals surface area contributed by atoms with E-state index in [0.29, 0.717) is 22.4 Å². The van der Waals surface area contributed by atoms with Crippen molar-refractivity contribution in [1.82, 2.24) is 19.9 Å². The maximum Gasteiger partial charge on any atom is 0.259 e. The van der Waals surface area contributed by atoms with Crippen LogP contribution in [0.2, 0.25) is 0 Å². The first-order valence-electron chi connectivity index (χ1n) is 10.6. The van der Waals surface area contributed by atoms with Crippen molar-refractivity contribution in [2.45, 2.75) is 13.3 Å². The Morgan fingerprint density at radius 1 is 1.10 bits per heavy atom. The number of aromatic nitrogens is 2. The third kappa shape index (κ3) is 4.11. The lowest BCUT2D eigenvalue weighted by atomic mass is 10.0. The molecule has 0 aliphatic carbocycles. The molecule has 4 aromatic rings. The van der Waals surface area contributed by atoms with Gasteiger partial charge in [-0.05, 0) is 30.9 Å². The Morgan fingerprint density at radius 2 is 1.90 bits per heavy atom. The van der Waals surface area contributed by atoms with Gasteiger partial charge in [-0.1, -0.05) is 41.6 Å². The van der Waals surface area contributed by atoms with Crippen molar-refractivity contribution >= 4 is 28.3 Å². The summed E-state index contributed by atoms with van der Waals surface area (Å²) in [6, 6.07) is 16.0. The molecular formula is C24H24N4O2S. The van der Waals surface area contributed by atoms with E-state index in [-0.39, 0.29) is 5.91 Å². The Kier molecular flexibility index (Phi) is 5.53. The number of hydrogen-bond donors (Lipinski definition) is 0. The molecule has 0 spiro atoms. The predicted molar refractivity (Wildman–Crippen MR) is 122 cm³/mol. The minimum absolute atomic E-state index is 0.0220. The third-order valence-corrected chi connectivity index (χ3v) is 6.77. The number of amides is 1. The molecule has 7 heteroatoms. The van der Waals surface area contributed by atoms with Gasteiger partial charge in [0, 0.05) is 43.2 Å². The average Bonchev–Trinajstić information content (AvgIpc) is 3.47. The van der Waals surface area contributed by atoms with Crippen molar-refractivity contribution in [1.29, 1.82) is 0 Å². The standard InChI is InChI=1S/C24H24N4O2S/c1-17-22-20(16-21(25-23(22)30-26-17)18-6-3-2-4-7-18)24(29)28-13-11-27(12-14-28)10-9-19-8-5-15-31-19/h2-8,15-16H,9-14H2,1H3. The van der Waals surface area contributed by atoms with Gasteiger partial charge in [0.2, 0.25) is 0 Å². The molecule has 158 valence electrons. The zero-order chi connectivity index (χ0) is 21.2. The molecular weight excluding hydrogens is 408 g/mol. The maximum atomic E-state index is 13.5. The Hall–Kier alpha value is -3.03. The second kappa shape index (κ2) is 8.61. The number of carbonyl (C=O) groups excluding carboxylic acids is 1. The summed E-state index contributed by atoms with van der Waals surface area (Å²) in [5.41, 5.74) is 3.40. The van der Waals surface area contributed by atoms with Crippen molar-refractivity contribution in [2.24, 2.45) is 0 Å². The molecule has 0 saturated carbocycles. The Morgan fingerprint density at radius 3 is 2.65 bits per heavy atom. The van der Waals surface area contributed by atoms with Crippen LogP contribution in [-0.2, 0) is 6.42 Å². The minimum atomic E-state index is 0.0220. The van der Waals surface area contributed by atoms with E-state index in [1.54, 1.807) is 11.3 Å². The van der Waals surface area contributed by atoms with Gasteiger partial charge in [0.25, 0.3) is 11.6 Å². The van der Waals surface area contributed by atoms with Gasteiger partial charge in [-0.2, -0.15) is 0 Å². The van der Waals surface area contributed by atoms with Crippen molar-refractivity contribution in [3.8, 4) is 11.3 Å². The molecule has 31 heavy (non-hydrogen) atoms. The number of aryl methyl sites for hydroxylation is 1. The molecule has 0 atom stereocenters. The number of piperazine rings is 1. The van der Waals surface area contributed by atoms with E-state index in [1.807, 2.05) is 48.2 Å². The number of hydrogen-bond acceptors (Lipinski definition) is 6. The molecule has 0 unspecified atom stereocenters. The van der Waals surface area contributed by atoms with Crippen LogP contribution in [-0.4, -0.2) is 58.6 Å². The van der Waals surface area contributed by atoms with Gasteiger partial charge >= 0.3 is 0 Å². The van der Waals surface area contributed by atoms with E-state index in [4.69, 9.17) is 4.52 Å². The fraction of sp³-hybridized carbons (Fsp3) is 0.292. The monoisotopic (exact) mass is 432 g/mol. The first-order chi connectivity index (χ1) is 15.2. The van der Waals surface area contributed by atoms with Gasteiger partial charge in [-0.3, -0.25) is 9.69 Å². The summed E-state index contributed by atoms with van der Waals surface area (Å²) in [6.45, 7) is 6.11. The van der Waals surface area contributed by atoms with Gasteiger partial charge in [0.15, 0.2) is 0 Å². The molecule has 0 radical (unpaired) electrons. The van der Waals surface area contributed by atoms with Crippen LogP contribution in [0.4, 0.5) is 0 Å². The molecule has 1 aliphatic rings. The fourth-order valence-electron chi connectivity index (χ4n) is 4.09. The molecule has 0 bridgehead atoms. The second-order valence-corrected chi connectivity index (χ2v) is 8.86. The molecule has 0 N–H and O–H groups in total. The quantitative estimate of drug-likeness (QED) is 0.472. The van der Waals surface area contributed by atoms with E-state index in [9.17, 15) is 4.79 Å². The van der Waals surface area contributed by atoms with Crippen LogP contribution in [0.5, 0.6) is 0 Å². The van der Waals surface area contributed by atoms with Crippen LogP contribution in [0.3, 0.4) is 0 Å². The van der Waals surface area contributed by atoms with E-state index in [0.717, 1.165) is 50.4 Å². The topological polar surface area (TPSA) is 62.5 Å². The van der Waals surface area contributed by atoms with Gasteiger partial charge in [0.1, 0.15) is 0 Å². The molecule has 1 aromatic carbocycles. The van der Waals surface area contributed by atoms with Crippen LogP contribution in [0, 0.1) is 6.92 Å². The molecule has 3 aromatic heterocycles. The van der Waals surface area contributed by atoms with Crippen LogP contribution in [0.25, 0.3) is 22.4 Å². The largest absolute Gasteiger partial charge is 0.336 e. The van der Waals surface area contributed by atoms with Crippen LogP contribution in [0.15, 0.2) is 58.4 Å². The highest BCUT2D eigenvalue weighted by molar-refractivity contribution is 7.09. The molecule has 1 aliphatic heterocycles. The van der Waals surface area contributed by atoms with Crippen molar-refractivity contribution in [3.05, 3.63) is 70.0 Å². The van der Waals surface area contributed by atoms with Crippen LogP contribution in [0.1, 0.15) is 20.9 Å². The third-order valence-electron chi connectivity index (χ3n) is 5.83. The lowest BCUT2D eigenvalue weighted by Crippen LogP contribution is -2.49. The maximum absolute atomic E-state index is 13.5. The Balaban J connectivity index is 1.35. The van der Waals surface area contributed by atoms with Gasteiger partial charge in [-0.15, -0.1) is 11.3 Å². The zero-order valence-corrected chi connectivity index (χ0v) is 18.3. The summed E-state index contributed by atoms with van der Waals surface area (Å²) in [6.07, 6.45) is 1.07. The summed E-state index contributed by atoms with van der Waals surface area (Å²) >= 11 is 1.81.